The van der Waals surface area contributed by atoms with Crippen molar-refractivity contribution in [3.63, 3.8) is 0 Å². The minimum Gasteiger partial charge on any atom is -0.462 e. The molecule has 0 rings (SSSR count). The van der Waals surface area contributed by atoms with E-state index in [4.69, 9.17) is 14.2 Å². The second-order valence-corrected chi connectivity index (χ2v) is 16.4. The molecule has 59 heavy (non-hydrogen) atoms. The summed E-state index contributed by atoms with van der Waals surface area (Å²) in [4.78, 5) is 37.7. The maximum atomic E-state index is 12.7. The molecule has 0 spiro atoms. The van der Waals surface area contributed by atoms with E-state index in [1.807, 2.05) is 0 Å². The van der Waals surface area contributed by atoms with Gasteiger partial charge in [0.05, 0.1) is 0 Å². The van der Waals surface area contributed by atoms with Crippen molar-refractivity contribution in [1.29, 1.82) is 0 Å². The van der Waals surface area contributed by atoms with E-state index >= 15 is 0 Å². The summed E-state index contributed by atoms with van der Waals surface area (Å²) in [6.07, 6.45) is 57.9. The van der Waals surface area contributed by atoms with E-state index < -0.39 is 6.10 Å². The standard InChI is InChI=1S/C53H92O6/c1-4-7-10-13-16-18-20-22-24-25-26-27-28-29-30-32-33-35-37-40-43-46-52(55)58-49-50(48-57-51(54)45-42-39-15-12-9-6-3)59-53(56)47-44-41-38-36-34-31-23-21-19-17-14-11-8-5-2/h7,10,16,18,22,24,26-27,29-30,50H,4-6,8-9,11-15,17,19-21,23,25,28,31-49H2,1-3H3/b10-7-,18-16-,24-22-,27-26-,30-29-. The maximum Gasteiger partial charge on any atom is 0.306 e. The predicted octanol–water partition coefficient (Wildman–Crippen LogP) is 16.1. The van der Waals surface area contributed by atoms with Crippen LogP contribution in [0.4, 0.5) is 0 Å². The molecule has 0 saturated heterocycles. The van der Waals surface area contributed by atoms with Gasteiger partial charge >= 0.3 is 17.9 Å². The SMILES string of the molecule is CC/C=C\C/C=C\C/C=C\C/C=C\C/C=C\CCCCCCCC(=O)OCC(COC(=O)CCCCCCCC)OC(=O)CCCCCCCCCCCCCCCC. The molecule has 340 valence electrons. The normalized spacial score (nSPS) is 12.5. The molecule has 0 aliphatic heterocycles. The van der Waals surface area contributed by atoms with Gasteiger partial charge in [-0.25, -0.2) is 0 Å². The summed E-state index contributed by atoms with van der Waals surface area (Å²) in [5.74, 6) is -0.905. The third-order valence-electron chi connectivity index (χ3n) is 10.5. The van der Waals surface area contributed by atoms with E-state index in [0.29, 0.717) is 19.3 Å². The predicted molar refractivity (Wildman–Crippen MR) is 251 cm³/mol. The van der Waals surface area contributed by atoms with Crippen LogP contribution in [0.2, 0.25) is 0 Å². The zero-order chi connectivity index (χ0) is 43.0. The molecule has 1 unspecified atom stereocenters. The highest BCUT2D eigenvalue weighted by Crippen LogP contribution is 2.15. The van der Waals surface area contributed by atoms with Crippen molar-refractivity contribution in [3.8, 4) is 0 Å². The second-order valence-electron chi connectivity index (χ2n) is 16.4. The zero-order valence-electron chi connectivity index (χ0n) is 38.8. The van der Waals surface area contributed by atoms with Crippen LogP contribution in [-0.2, 0) is 28.6 Å². The Balaban J connectivity index is 4.25. The van der Waals surface area contributed by atoms with E-state index in [1.165, 1.54) is 89.9 Å². The Labute approximate surface area is 364 Å². The first-order valence-electron chi connectivity index (χ1n) is 24.8. The first kappa shape index (κ1) is 56.1. The highest BCUT2D eigenvalue weighted by molar-refractivity contribution is 5.71. The average Bonchev–Trinajstić information content (AvgIpc) is 3.23. The number of unbranched alkanes of at least 4 members (excludes halogenated alkanes) is 23. The first-order chi connectivity index (χ1) is 29.0. The Bertz CT molecular complexity index is 1090. The number of allylic oxidation sites excluding steroid dienone is 10. The van der Waals surface area contributed by atoms with Crippen molar-refractivity contribution >= 4 is 17.9 Å². The molecule has 0 heterocycles. The van der Waals surface area contributed by atoms with E-state index in [-0.39, 0.29) is 31.1 Å². The molecule has 6 heteroatoms. The van der Waals surface area contributed by atoms with Gasteiger partial charge in [0.1, 0.15) is 13.2 Å². The number of rotatable bonds is 44. The lowest BCUT2D eigenvalue weighted by Gasteiger charge is -2.18. The van der Waals surface area contributed by atoms with Gasteiger partial charge < -0.3 is 14.2 Å². The van der Waals surface area contributed by atoms with Crippen molar-refractivity contribution in [2.45, 2.75) is 245 Å². The summed E-state index contributed by atoms with van der Waals surface area (Å²) in [5, 5.41) is 0. The van der Waals surface area contributed by atoms with Gasteiger partial charge in [0.15, 0.2) is 6.10 Å². The Kier molecular flexibility index (Phi) is 45.4. The third-order valence-corrected chi connectivity index (χ3v) is 10.5. The molecule has 0 aliphatic carbocycles. The lowest BCUT2D eigenvalue weighted by Crippen LogP contribution is -2.30. The van der Waals surface area contributed by atoms with Gasteiger partial charge in [-0.2, -0.15) is 0 Å². The largest absolute Gasteiger partial charge is 0.462 e. The molecule has 1 atom stereocenters. The first-order valence-corrected chi connectivity index (χ1v) is 24.8. The van der Waals surface area contributed by atoms with Crippen molar-refractivity contribution < 1.29 is 28.6 Å². The molecule has 0 aromatic carbocycles. The van der Waals surface area contributed by atoms with Crippen molar-refractivity contribution in [3.05, 3.63) is 60.8 Å². The Hall–Kier alpha value is -2.89. The van der Waals surface area contributed by atoms with Crippen LogP contribution >= 0.6 is 0 Å². The molecule has 0 bridgehead atoms. The van der Waals surface area contributed by atoms with Crippen LogP contribution in [0, 0.1) is 0 Å². The number of carbonyl (C=O) groups is 3. The quantitative estimate of drug-likeness (QED) is 0.0263. The Morgan fingerprint density at radius 3 is 1.03 bits per heavy atom. The van der Waals surface area contributed by atoms with Crippen molar-refractivity contribution in [2.75, 3.05) is 13.2 Å². The zero-order valence-corrected chi connectivity index (χ0v) is 38.8. The molecule has 0 aromatic heterocycles. The number of carbonyl (C=O) groups excluding carboxylic acids is 3. The molecule has 0 N–H and O–H groups in total. The molecule has 0 saturated carbocycles. The van der Waals surface area contributed by atoms with Crippen LogP contribution in [0.1, 0.15) is 239 Å². The fourth-order valence-corrected chi connectivity index (χ4v) is 6.82. The summed E-state index contributed by atoms with van der Waals surface area (Å²) in [5.41, 5.74) is 0. The summed E-state index contributed by atoms with van der Waals surface area (Å²) in [7, 11) is 0. The minimum absolute atomic E-state index is 0.0791. The van der Waals surface area contributed by atoms with Crippen LogP contribution < -0.4 is 0 Å². The average molecular weight is 825 g/mol. The molecular formula is C53H92O6. The lowest BCUT2D eigenvalue weighted by atomic mass is 10.0. The highest BCUT2D eigenvalue weighted by atomic mass is 16.6. The summed E-state index contributed by atoms with van der Waals surface area (Å²) < 4.78 is 16.7. The van der Waals surface area contributed by atoms with Crippen LogP contribution in [-0.4, -0.2) is 37.2 Å². The molecule has 0 amide bonds. The molecule has 0 aromatic rings. The van der Waals surface area contributed by atoms with Crippen LogP contribution in [0.25, 0.3) is 0 Å². The van der Waals surface area contributed by atoms with E-state index in [1.54, 1.807) is 0 Å². The Morgan fingerprint density at radius 1 is 0.356 bits per heavy atom. The van der Waals surface area contributed by atoms with E-state index in [9.17, 15) is 14.4 Å². The number of esters is 3. The van der Waals surface area contributed by atoms with E-state index in [2.05, 4.69) is 81.5 Å². The van der Waals surface area contributed by atoms with Gasteiger partial charge in [0, 0.05) is 19.3 Å². The summed E-state index contributed by atoms with van der Waals surface area (Å²) in [6, 6.07) is 0. The third kappa shape index (κ3) is 46.0. The van der Waals surface area contributed by atoms with Gasteiger partial charge in [0.25, 0.3) is 0 Å². The van der Waals surface area contributed by atoms with Crippen molar-refractivity contribution in [2.24, 2.45) is 0 Å². The molecule has 0 radical (unpaired) electrons. The smallest absolute Gasteiger partial charge is 0.306 e. The minimum atomic E-state index is -0.775. The van der Waals surface area contributed by atoms with Gasteiger partial charge in [-0.15, -0.1) is 0 Å². The molecule has 6 nitrogen and oxygen atoms in total. The second kappa shape index (κ2) is 47.8. The van der Waals surface area contributed by atoms with Crippen LogP contribution in [0.3, 0.4) is 0 Å². The fraction of sp³-hybridized carbons (Fsp3) is 0.755. The van der Waals surface area contributed by atoms with Crippen molar-refractivity contribution in [1.82, 2.24) is 0 Å². The van der Waals surface area contributed by atoms with Gasteiger partial charge in [-0.05, 0) is 64.2 Å². The number of hydrogen-bond acceptors (Lipinski definition) is 6. The Morgan fingerprint density at radius 2 is 0.661 bits per heavy atom. The van der Waals surface area contributed by atoms with Crippen LogP contribution in [0.15, 0.2) is 60.8 Å². The van der Waals surface area contributed by atoms with Gasteiger partial charge in [-0.3, -0.25) is 14.4 Å². The van der Waals surface area contributed by atoms with Gasteiger partial charge in [-0.1, -0.05) is 216 Å². The maximum absolute atomic E-state index is 12.7. The topological polar surface area (TPSA) is 78.9 Å². The molecular weight excluding hydrogens is 733 g/mol. The molecule has 0 fully saturated rings. The fourth-order valence-electron chi connectivity index (χ4n) is 6.82. The monoisotopic (exact) mass is 825 g/mol. The van der Waals surface area contributed by atoms with Gasteiger partial charge in [0.2, 0.25) is 0 Å². The van der Waals surface area contributed by atoms with E-state index in [0.717, 1.165) is 109 Å². The highest BCUT2D eigenvalue weighted by Gasteiger charge is 2.19. The lowest BCUT2D eigenvalue weighted by molar-refractivity contribution is -0.167. The molecule has 0 aliphatic rings. The summed E-state index contributed by atoms with van der Waals surface area (Å²) >= 11 is 0. The number of ether oxygens (including phenoxy) is 3. The summed E-state index contributed by atoms with van der Waals surface area (Å²) in [6.45, 7) is 6.45. The number of hydrogen-bond donors (Lipinski definition) is 0. The van der Waals surface area contributed by atoms with Crippen LogP contribution in [0.5, 0.6) is 0 Å².